The first-order valence-electron chi connectivity index (χ1n) is 12.8. The van der Waals surface area contributed by atoms with Gasteiger partial charge in [-0.2, -0.15) is 4.98 Å². The van der Waals surface area contributed by atoms with Gasteiger partial charge in [0.25, 0.3) is 0 Å². The number of methoxy groups -OCH3 is 1. The highest BCUT2D eigenvalue weighted by Crippen LogP contribution is 2.24. The number of fused-ring (bicyclic) bond motifs is 1. The van der Waals surface area contributed by atoms with Crippen LogP contribution in [0.1, 0.15) is 25.0 Å². The zero-order valence-electron chi connectivity index (χ0n) is 24.1. The molecule has 1 atom stereocenters. The van der Waals surface area contributed by atoms with Crippen molar-refractivity contribution in [3.05, 3.63) is 66.2 Å². The standard InChI is InChI=1S/C19H18N4O2S/c1-13-17(20-8-7-18(13)25-2)12-26(24)19-21-15-6-5-14(11-16(15)22-19)23-9-3-4-10-23/h3-11H,12H2,1-2H3,(H,21,22)/i1D3,2D3,7D,8D,12D2/hD. The highest BCUT2D eigenvalue weighted by Gasteiger charge is 2.20. The molecule has 1 aromatic carbocycles. The summed E-state index contributed by atoms with van der Waals surface area (Å²) in [5, 5.41) is -0.581. The van der Waals surface area contributed by atoms with Crippen molar-refractivity contribution in [2.24, 2.45) is 0 Å². The second kappa shape index (κ2) is 6.86. The largest absolute Gasteiger partial charge is 0.609 e. The van der Waals surface area contributed by atoms with Gasteiger partial charge in [0.1, 0.15) is 5.75 Å². The van der Waals surface area contributed by atoms with Gasteiger partial charge in [0, 0.05) is 45.1 Å². The van der Waals surface area contributed by atoms with Crippen LogP contribution in [0.5, 0.6) is 5.75 Å². The smallest absolute Gasteiger partial charge is 0.322 e. The third-order valence-electron chi connectivity index (χ3n) is 3.55. The van der Waals surface area contributed by atoms with E-state index in [0.717, 1.165) is 0 Å². The minimum atomic E-state index is -3.27. The van der Waals surface area contributed by atoms with Gasteiger partial charge in [0.05, 0.1) is 33.4 Å². The number of hydrogen-bond acceptors (Lipinski definition) is 4. The van der Waals surface area contributed by atoms with Crippen molar-refractivity contribution >= 4 is 22.2 Å². The van der Waals surface area contributed by atoms with Gasteiger partial charge in [0.2, 0.25) is 0 Å². The molecule has 3 heterocycles. The van der Waals surface area contributed by atoms with E-state index in [9.17, 15) is 4.55 Å². The summed E-state index contributed by atoms with van der Waals surface area (Å²) in [5.41, 5.74) is -4.31. The van der Waals surface area contributed by atoms with Crippen LogP contribution in [0.3, 0.4) is 0 Å². The van der Waals surface area contributed by atoms with Crippen molar-refractivity contribution in [2.75, 3.05) is 7.04 Å². The molecule has 0 aliphatic rings. The lowest BCUT2D eigenvalue weighted by Gasteiger charge is -2.10. The van der Waals surface area contributed by atoms with Crippen LogP contribution < -0.4 is 4.74 Å². The Balaban J connectivity index is 1.88. The van der Waals surface area contributed by atoms with Gasteiger partial charge in [-0.25, -0.2) is 0 Å². The number of rotatable bonds is 5. The third kappa shape index (κ3) is 3.07. The second-order valence-electron chi connectivity index (χ2n) is 5.14. The van der Waals surface area contributed by atoms with Crippen molar-refractivity contribution in [1.29, 1.82) is 0 Å². The lowest BCUT2D eigenvalue weighted by molar-refractivity contribution is 0.410. The fourth-order valence-electron chi connectivity index (χ4n) is 2.32. The maximum atomic E-state index is 13.5. The van der Waals surface area contributed by atoms with E-state index in [2.05, 4.69) is 14.7 Å². The quantitative estimate of drug-likeness (QED) is 0.541. The molecule has 0 saturated heterocycles. The molecule has 0 saturated carbocycles. The Labute approximate surface area is 169 Å². The maximum absolute atomic E-state index is 13.5. The van der Waals surface area contributed by atoms with Crippen molar-refractivity contribution < 1.29 is 24.4 Å². The van der Waals surface area contributed by atoms with Gasteiger partial charge in [-0.15, -0.1) is 0 Å². The monoisotopic (exact) mass is 377 g/mol. The lowest BCUT2D eigenvalue weighted by Crippen LogP contribution is -2.10. The van der Waals surface area contributed by atoms with Gasteiger partial charge < -0.3 is 13.9 Å². The summed E-state index contributed by atoms with van der Waals surface area (Å²) >= 11 is -2.89. The zero-order chi connectivity index (χ0) is 27.5. The maximum Gasteiger partial charge on any atom is 0.322 e. The molecule has 132 valence electrons. The summed E-state index contributed by atoms with van der Waals surface area (Å²) in [7, 11) is -3.24. The van der Waals surface area contributed by atoms with Gasteiger partial charge in [-0.3, -0.25) is 9.96 Å². The van der Waals surface area contributed by atoms with E-state index in [0.29, 0.717) is 10.7 Å². The molecular formula is C19H18N4O2S. The molecule has 0 aliphatic carbocycles. The van der Waals surface area contributed by atoms with E-state index in [1.165, 1.54) is 6.07 Å². The van der Waals surface area contributed by atoms with Crippen LogP contribution in [0, 0.1) is 6.85 Å². The first-order chi connectivity index (χ1) is 17.0. The summed E-state index contributed by atoms with van der Waals surface area (Å²) in [6.07, 6.45) is 2.55. The Hall–Kier alpha value is -2.77. The molecule has 4 aromatic rings. The van der Waals surface area contributed by atoms with E-state index < -0.39 is 65.1 Å². The molecule has 26 heavy (non-hydrogen) atoms. The number of hydrogen-bond donors (Lipinski definition) is 1. The second-order valence-corrected chi connectivity index (χ2v) is 6.25. The Kier molecular flexibility index (Phi) is 2.18. The third-order valence-corrected chi connectivity index (χ3v) is 4.45. The molecule has 7 heteroatoms. The molecule has 6 nitrogen and oxygen atoms in total. The SMILES string of the molecule is [2H]c1nc(C([2H])([2H])[S+]([O-])c2nc3cc(-n4cccc4)ccc3n2[2H])c(C([2H])([2H])[2H])c(OC([2H])([2H])[2H])c1[2H]. The number of ether oxygens (including phenoxy) is 1. The molecule has 4 rings (SSSR count). The highest BCUT2D eigenvalue weighted by atomic mass is 32.2. The minimum Gasteiger partial charge on any atom is -0.609 e. The fraction of sp³-hybridized carbons (Fsp3) is 0.158. The van der Waals surface area contributed by atoms with Crippen LogP contribution in [-0.2, 0) is 16.9 Å². The van der Waals surface area contributed by atoms with Crippen LogP contribution in [0.2, 0.25) is 1.41 Å². The number of aromatic amines is 1. The molecule has 0 spiro atoms. The van der Waals surface area contributed by atoms with Crippen LogP contribution in [0.4, 0.5) is 0 Å². The zero-order valence-corrected chi connectivity index (χ0v) is 13.9. The first kappa shape index (κ1) is 8.28. The molecule has 0 aliphatic heterocycles. The average Bonchev–Trinajstić information content (AvgIpc) is 3.42. The average molecular weight is 378 g/mol. The summed E-state index contributed by atoms with van der Waals surface area (Å²) in [5.74, 6) is -1.09. The van der Waals surface area contributed by atoms with Gasteiger partial charge in [-0.1, -0.05) is 0 Å². The normalized spacial score (nSPS) is 20.1. The van der Waals surface area contributed by atoms with E-state index >= 15 is 0 Å². The molecule has 0 radical (unpaired) electrons. The summed E-state index contributed by atoms with van der Waals surface area (Å²) < 4.78 is 107. The molecule has 3 aromatic heterocycles. The molecular weight excluding hydrogens is 348 g/mol. The first-order valence-corrected chi connectivity index (χ1v) is 8.45. The van der Waals surface area contributed by atoms with E-state index in [1.807, 2.05) is 0 Å². The van der Waals surface area contributed by atoms with E-state index in [-0.39, 0.29) is 11.0 Å². The van der Waals surface area contributed by atoms with Gasteiger partial charge in [-0.05, 0) is 43.2 Å². The number of nitrogens with one attached hydrogen (secondary N) is 1. The Morgan fingerprint density at radius 2 is 2.35 bits per heavy atom. The molecule has 0 bridgehead atoms. The predicted molar refractivity (Wildman–Crippen MR) is 101 cm³/mol. The topological polar surface area (TPSA) is 78.8 Å². The van der Waals surface area contributed by atoms with Crippen LogP contribution in [0.25, 0.3) is 16.7 Å². The van der Waals surface area contributed by atoms with Crippen LogP contribution >= 0.6 is 0 Å². The number of nitrogens with zero attached hydrogens (tertiary/aromatic N) is 3. The minimum absolute atomic E-state index is 0.188. The van der Waals surface area contributed by atoms with Crippen molar-refractivity contribution in [3.63, 3.8) is 0 Å². The van der Waals surface area contributed by atoms with Gasteiger partial charge in [0.15, 0.2) is 7.12 Å². The van der Waals surface area contributed by atoms with E-state index in [4.69, 9.17) is 15.1 Å². The predicted octanol–water partition coefficient (Wildman–Crippen LogP) is 3.37. The highest BCUT2D eigenvalue weighted by molar-refractivity contribution is 7.90. The summed E-state index contributed by atoms with van der Waals surface area (Å²) in [4.78, 5) is 8.34. The van der Waals surface area contributed by atoms with Crippen LogP contribution in [0.15, 0.2) is 60.1 Å². The number of pyridine rings is 1. The Bertz CT molecular complexity index is 1470. The number of H-pyrrole nitrogens is 1. The fourth-order valence-corrected chi connectivity index (χ4v) is 3.10. The number of benzene rings is 1. The van der Waals surface area contributed by atoms with Gasteiger partial charge >= 0.3 is 5.16 Å². The molecule has 1 N–H and O–H groups in total. The van der Waals surface area contributed by atoms with Crippen molar-refractivity contribution in [1.82, 2.24) is 19.5 Å². The molecule has 0 amide bonds. The molecule has 1 unspecified atom stereocenters. The lowest BCUT2D eigenvalue weighted by atomic mass is 10.2. The molecule has 0 fully saturated rings. The van der Waals surface area contributed by atoms with Crippen molar-refractivity contribution in [3.8, 4) is 11.4 Å². The Morgan fingerprint density at radius 3 is 3.15 bits per heavy atom. The van der Waals surface area contributed by atoms with Crippen molar-refractivity contribution in [2.45, 2.75) is 17.7 Å². The number of imidazole rings is 1. The summed E-state index contributed by atoms with van der Waals surface area (Å²) in [6.45, 7) is -3.27. The number of aromatic nitrogens is 4. The van der Waals surface area contributed by atoms with E-state index in [1.54, 1.807) is 41.2 Å². The Morgan fingerprint density at radius 1 is 1.46 bits per heavy atom. The summed E-state index contributed by atoms with van der Waals surface area (Å²) in [6, 6.07) is 7.38. The van der Waals surface area contributed by atoms with Crippen LogP contribution in [-0.4, -0.2) is 31.1 Å².